The first kappa shape index (κ1) is 18.8. The normalized spacial score (nSPS) is 39.3. The fourth-order valence-electron chi connectivity index (χ4n) is 6.08. The number of allylic oxidation sites excluding steroid dienone is 3. The Morgan fingerprint density at radius 2 is 1.80 bits per heavy atom. The van der Waals surface area contributed by atoms with Gasteiger partial charge in [0.2, 0.25) is 0 Å². The van der Waals surface area contributed by atoms with E-state index in [1.807, 2.05) is 0 Å². The first-order valence-electron chi connectivity index (χ1n) is 10.9. The zero-order valence-corrected chi connectivity index (χ0v) is 16.4. The molecule has 0 spiro atoms. The summed E-state index contributed by atoms with van der Waals surface area (Å²) >= 11 is 0. The Kier molecular flexibility index (Phi) is 6.49. The van der Waals surface area contributed by atoms with Crippen molar-refractivity contribution in [3.05, 3.63) is 24.3 Å². The minimum absolute atomic E-state index is 0.578. The predicted molar refractivity (Wildman–Crippen MR) is 109 cm³/mol. The highest BCUT2D eigenvalue weighted by atomic mass is 14.4. The van der Waals surface area contributed by atoms with E-state index < -0.39 is 0 Å². The Labute approximate surface area is 156 Å². The van der Waals surface area contributed by atoms with Gasteiger partial charge < -0.3 is 0 Å². The van der Waals surface area contributed by atoms with Crippen LogP contribution in [0.1, 0.15) is 90.4 Å². The van der Waals surface area contributed by atoms with E-state index >= 15 is 0 Å². The fourth-order valence-corrected chi connectivity index (χ4v) is 6.08. The van der Waals surface area contributed by atoms with E-state index in [-0.39, 0.29) is 0 Å². The molecule has 1 atom stereocenters. The average Bonchev–Trinajstić information content (AvgIpc) is 2.67. The summed E-state index contributed by atoms with van der Waals surface area (Å²) in [7, 11) is 0. The van der Waals surface area contributed by atoms with Crippen LogP contribution in [-0.4, -0.2) is 0 Å². The van der Waals surface area contributed by atoms with Crippen molar-refractivity contribution in [2.45, 2.75) is 90.4 Å². The summed E-state index contributed by atoms with van der Waals surface area (Å²) in [5.74, 6) is 6.78. The van der Waals surface area contributed by atoms with Crippen molar-refractivity contribution in [1.29, 1.82) is 0 Å². The standard InChI is InChI=1S/C25H38/c1-4-6-7-21-8-12-22(13-9-21)23-16-18-25(3,19-17-23)24-14-10-20(5-2)11-15-24/h2,4,10,21-24H,1,6-9,11-19H2,3H3. The lowest BCUT2D eigenvalue weighted by molar-refractivity contribution is 0.0545. The molecule has 25 heavy (non-hydrogen) atoms. The van der Waals surface area contributed by atoms with Gasteiger partial charge in [0.1, 0.15) is 0 Å². The zero-order valence-electron chi connectivity index (χ0n) is 16.4. The van der Waals surface area contributed by atoms with Gasteiger partial charge in [-0.2, -0.15) is 0 Å². The topological polar surface area (TPSA) is 0 Å². The van der Waals surface area contributed by atoms with Crippen LogP contribution in [0.2, 0.25) is 0 Å². The molecule has 3 aliphatic rings. The van der Waals surface area contributed by atoms with Gasteiger partial charge >= 0.3 is 0 Å². The van der Waals surface area contributed by atoms with Gasteiger partial charge in [0, 0.05) is 0 Å². The van der Waals surface area contributed by atoms with Crippen LogP contribution >= 0.6 is 0 Å². The van der Waals surface area contributed by atoms with Crippen LogP contribution in [-0.2, 0) is 0 Å². The molecule has 3 aliphatic carbocycles. The van der Waals surface area contributed by atoms with E-state index in [1.54, 1.807) is 0 Å². The maximum absolute atomic E-state index is 5.57. The Balaban J connectivity index is 1.45. The van der Waals surface area contributed by atoms with E-state index in [2.05, 4.69) is 31.6 Å². The lowest BCUT2D eigenvalue weighted by atomic mass is 9.59. The van der Waals surface area contributed by atoms with E-state index in [1.165, 1.54) is 82.6 Å². The minimum Gasteiger partial charge on any atom is -0.115 e. The molecule has 0 aromatic rings. The van der Waals surface area contributed by atoms with Gasteiger partial charge in [-0.3, -0.25) is 0 Å². The summed E-state index contributed by atoms with van der Waals surface area (Å²) in [5.41, 5.74) is 1.83. The molecule has 0 saturated heterocycles. The highest BCUT2D eigenvalue weighted by Crippen LogP contribution is 2.51. The van der Waals surface area contributed by atoms with Gasteiger partial charge in [0.05, 0.1) is 0 Å². The van der Waals surface area contributed by atoms with E-state index in [9.17, 15) is 0 Å². The fraction of sp³-hybridized carbons (Fsp3) is 0.760. The molecule has 3 rings (SSSR count). The molecule has 0 amide bonds. The van der Waals surface area contributed by atoms with E-state index in [0.717, 1.165) is 30.1 Å². The molecule has 0 radical (unpaired) electrons. The number of terminal acetylenes is 1. The molecule has 0 aromatic heterocycles. The summed E-state index contributed by atoms with van der Waals surface area (Å²) in [4.78, 5) is 0. The van der Waals surface area contributed by atoms with Crippen LogP contribution in [0.3, 0.4) is 0 Å². The molecule has 0 aromatic carbocycles. The molecule has 2 fully saturated rings. The van der Waals surface area contributed by atoms with Crippen LogP contribution in [0.25, 0.3) is 0 Å². The Morgan fingerprint density at radius 1 is 1.12 bits per heavy atom. The molecule has 0 heterocycles. The molecule has 0 nitrogen and oxygen atoms in total. The summed E-state index contributed by atoms with van der Waals surface area (Å²) < 4.78 is 0. The third-order valence-electron chi connectivity index (χ3n) is 8.09. The smallest absolute Gasteiger partial charge is 0.00221 e. The SMILES string of the molecule is C#CC1=CCC(C2(C)CCC(C3CCC(CCC=C)CC3)CC2)CC1. The Morgan fingerprint density at radius 3 is 2.36 bits per heavy atom. The third-order valence-corrected chi connectivity index (χ3v) is 8.09. The molecular formula is C25H38. The van der Waals surface area contributed by atoms with Crippen LogP contribution in [0.4, 0.5) is 0 Å². The van der Waals surface area contributed by atoms with E-state index in [4.69, 9.17) is 6.42 Å². The molecule has 138 valence electrons. The second kappa shape index (κ2) is 8.62. The molecule has 0 aliphatic heterocycles. The highest BCUT2D eigenvalue weighted by molar-refractivity contribution is 5.27. The highest BCUT2D eigenvalue weighted by Gasteiger charge is 2.40. The lowest BCUT2D eigenvalue weighted by Gasteiger charge is -2.46. The van der Waals surface area contributed by atoms with Gasteiger partial charge in [-0.25, -0.2) is 0 Å². The molecule has 0 bridgehead atoms. The maximum Gasteiger partial charge on any atom is -0.00221 e. The van der Waals surface area contributed by atoms with Gasteiger partial charge in [-0.05, 0) is 105 Å². The zero-order chi connectivity index (χ0) is 17.7. The Bertz CT molecular complexity index is 501. The molecule has 1 unspecified atom stereocenters. The third kappa shape index (κ3) is 4.61. The molecule has 0 heteroatoms. The second-order valence-corrected chi connectivity index (χ2v) is 9.48. The van der Waals surface area contributed by atoms with Crippen molar-refractivity contribution in [2.24, 2.45) is 29.1 Å². The Hall–Kier alpha value is -0.960. The largest absolute Gasteiger partial charge is 0.115 e. The van der Waals surface area contributed by atoms with Gasteiger partial charge in [0.25, 0.3) is 0 Å². The van der Waals surface area contributed by atoms with Gasteiger partial charge in [-0.15, -0.1) is 13.0 Å². The molecule has 2 saturated carbocycles. The number of rotatable bonds is 5. The van der Waals surface area contributed by atoms with Crippen LogP contribution in [0.15, 0.2) is 24.3 Å². The number of hydrogen-bond acceptors (Lipinski definition) is 0. The van der Waals surface area contributed by atoms with Crippen LogP contribution < -0.4 is 0 Å². The molecular weight excluding hydrogens is 300 g/mol. The quantitative estimate of drug-likeness (QED) is 0.364. The number of hydrogen-bond donors (Lipinski definition) is 0. The minimum atomic E-state index is 0.578. The van der Waals surface area contributed by atoms with Crippen LogP contribution in [0.5, 0.6) is 0 Å². The lowest BCUT2D eigenvalue weighted by Crippen LogP contribution is -2.35. The monoisotopic (exact) mass is 338 g/mol. The molecule has 0 N–H and O–H groups in total. The summed E-state index contributed by atoms with van der Waals surface area (Å²) in [6, 6.07) is 0. The summed E-state index contributed by atoms with van der Waals surface area (Å²) in [6.45, 7) is 6.46. The first-order chi connectivity index (χ1) is 12.1. The summed E-state index contributed by atoms with van der Waals surface area (Å²) in [5, 5.41) is 0. The van der Waals surface area contributed by atoms with Crippen molar-refractivity contribution in [1.82, 2.24) is 0 Å². The van der Waals surface area contributed by atoms with Crippen molar-refractivity contribution in [2.75, 3.05) is 0 Å². The second-order valence-electron chi connectivity index (χ2n) is 9.48. The predicted octanol–water partition coefficient (Wildman–Crippen LogP) is 7.32. The van der Waals surface area contributed by atoms with E-state index in [0.29, 0.717) is 5.41 Å². The summed E-state index contributed by atoms with van der Waals surface area (Å²) in [6.07, 6.45) is 28.2. The van der Waals surface area contributed by atoms with Crippen molar-refractivity contribution in [3.63, 3.8) is 0 Å². The van der Waals surface area contributed by atoms with Crippen molar-refractivity contribution in [3.8, 4) is 12.3 Å². The average molecular weight is 339 g/mol. The van der Waals surface area contributed by atoms with Crippen LogP contribution in [0, 0.1) is 41.4 Å². The maximum atomic E-state index is 5.57. The van der Waals surface area contributed by atoms with Crippen molar-refractivity contribution < 1.29 is 0 Å². The first-order valence-corrected chi connectivity index (χ1v) is 10.9. The van der Waals surface area contributed by atoms with Gasteiger partial charge in [-0.1, -0.05) is 37.8 Å². The van der Waals surface area contributed by atoms with Crippen molar-refractivity contribution >= 4 is 0 Å². The van der Waals surface area contributed by atoms with Gasteiger partial charge in [0.15, 0.2) is 0 Å².